The highest BCUT2D eigenvalue weighted by molar-refractivity contribution is 6.00. The summed E-state index contributed by atoms with van der Waals surface area (Å²) >= 11 is 0. The Hall–Kier alpha value is -2.55. The summed E-state index contributed by atoms with van der Waals surface area (Å²) in [5.74, 6) is 0.912. The lowest BCUT2D eigenvalue weighted by molar-refractivity contribution is -0.147. The maximum Gasteiger partial charge on any atom is 0.306 e. The molecule has 0 aliphatic heterocycles. The smallest absolute Gasteiger partial charge is 0.306 e. The van der Waals surface area contributed by atoms with Crippen LogP contribution in [0.1, 0.15) is 65.2 Å². The van der Waals surface area contributed by atoms with E-state index in [0.717, 1.165) is 31.6 Å². The lowest BCUT2D eigenvalue weighted by atomic mass is 10.0. The predicted octanol–water partition coefficient (Wildman–Crippen LogP) is 7.44. The minimum atomic E-state index is -0.0661. The number of benzene rings is 3. The molecule has 0 unspecified atom stereocenters. The van der Waals surface area contributed by atoms with Gasteiger partial charge in [0, 0.05) is 11.8 Å². The van der Waals surface area contributed by atoms with E-state index in [0.29, 0.717) is 6.42 Å². The summed E-state index contributed by atoms with van der Waals surface area (Å²) in [6.07, 6.45) is 8.47. The molecule has 0 spiro atoms. The van der Waals surface area contributed by atoms with Gasteiger partial charge in [0.1, 0.15) is 5.75 Å². The molecule has 0 aliphatic rings. The second-order valence-electron chi connectivity index (χ2n) is 8.29. The van der Waals surface area contributed by atoms with E-state index in [-0.39, 0.29) is 12.1 Å². The van der Waals surface area contributed by atoms with Crippen LogP contribution in [0.3, 0.4) is 0 Å². The van der Waals surface area contributed by atoms with E-state index in [2.05, 4.69) is 54.6 Å². The molecule has 0 aliphatic carbocycles. The monoisotopic (exact) mass is 406 g/mol. The minimum Gasteiger partial charge on any atom is -0.493 e. The molecule has 0 amide bonds. The average Bonchev–Trinajstić information content (AvgIpc) is 2.73. The molecule has 0 bridgehead atoms. The molecular formula is C27H34O3. The van der Waals surface area contributed by atoms with E-state index >= 15 is 0 Å². The fraction of sp³-hybridized carbons (Fsp3) is 0.444. The number of esters is 1. The van der Waals surface area contributed by atoms with Crippen molar-refractivity contribution < 1.29 is 14.3 Å². The molecule has 0 aromatic heterocycles. The Balaban J connectivity index is 1.33. The summed E-state index contributed by atoms with van der Waals surface area (Å²) < 4.78 is 11.3. The first-order chi connectivity index (χ1) is 14.6. The van der Waals surface area contributed by atoms with Gasteiger partial charge in [-0.3, -0.25) is 4.79 Å². The van der Waals surface area contributed by atoms with Crippen molar-refractivity contribution in [1.82, 2.24) is 0 Å². The summed E-state index contributed by atoms with van der Waals surface area (Å²) in [7, 11) is 0. The lowest BCUT2D eigenvalue weighted by Gasteiger charge is -2.10. The highest BCUT2D eigenvalue weighted by atomic mass is 16.5. The maximum atomic E-state index is 11.5. The molecule has 3 aromatic carbocycles. The van der Waals surface area contributed by atoms with Crippen molar-refractivity contribution in [3.05, 3.63) is 54.6 Å². The first kappa shape index (κ1) is 22.1. The Morgan fingerprint density at radius 1 is 0.767 bits per heavy atom. The lowest BCUT2D eigenvalue weighted by Crippen LogP contribution is -2.10. The summed E-state index contributed by atoms with van der Waals surface area (Å²) in [4.78, 5) is 11.5. The van der Waals surface area contributed by atoms with Crippen LogP contribution in [-0.2, 0) is 9.53 Å². The molecule has 0 N–H and O–H groups in total. The summed E-state index contributed by atoms with van der Waals surface area (Å²) in [6.45, 7) is 4.54. The van der Waals surface area contributed by atoms with Crippen LogP contribution < -0.4 is 4.74 Å². The van der Waals surface area contributed by atoms with Crippen molar-refractivity contribution in [2.45, 2.75) is 71.3 Å². The Bertz CT molecular complexity index is 945. The van der Waals surface area contributed by atoms with Gasteiger partial charge in [-0.2, -0.15) is 0 Å². The number of rotatable bonds is 12. The number of unbranched alkanes of at least 4 members (excludes halogenated alkanes) is 6. The zero-order chi connectivity index (χ0) is 21.2. The Labute approximate surface area is 180 Å². The largest absolute Gasteiger partial charge is 0.493 e. The Kier molecular flexibility index (Phi) is 8.55. The SMILES string of the molecule is CC(C)OC(=O)CCCCCCCCCOc1cccc2cc3ccccc3cc12. The first-order valence-corrected chi connectivity index (χ1v) is 11.4. The van der Waals surface area contributed by atoms with Crippen LogP contribution in [0.25, 0.3) is 21.5 Å². The zero-order valence-electron chi connectivity index (χ0n) is 18.4. The fourth-order valence-corrected chi connectivity index (χ4v) is 3.82. The molecule has 0 heterocycles. The van der Waals surface area contributed by atoms with Crippen LogP contribution >= 0.6 is 0 Å². The molecule has 0 atom stereocenters. The van der Waals surface area contributed by atoms with Gasteiger partial charge in [0.05, 0.1) is 12.7 Å². The average molecular weight is 407 g/mol. The summed E-state index contributed by atoms with van der Waals surface area (Å²) in [5.41, 5.74) is 0. The number of hydrogen-bond acceptors (Lipinski definition) is 3. The van der Waals surface area contributed by atoms with E-state index in [9.17, 15) is 4.79 Å². The third kappa shape index (κ3) is 6.76. The van der Waals surface area contributed by atoms with E-state index in [4.69, 9.17) is 9.47 Å². The number of ether oxygens (including phenoxy) is 2. The van der Waals surface area contributed by atoms with Crippen LogP contribution in [0.4, 0.5) is 0 Å². The number of carbonyl (C=O) groups is 1. The third-order valence-electron chi connectivity index (χ3n) is 5.36. The van der Waals surface area contributed by atoms with Crippen molar-refractivity contribution in [1.29, 1.82) is 0 Å². The Morgan fingerprint density at radius 3 is 2.13 bits per heavy atom. The molecule has 3 aromatic rings. The predicted molar refractivity (Wildman–Crippen MR) is 125 cm³/mol. The van der Waals surface area contributed by atoms with Crippen molar-refractivity contribution >= 4 is 27.5 Å². The molecule has 3 heteroatoms. The molecule has 0 saturated carbocycles. The van der Waals surface area contributed by atoms with E-state index in [1.165, 1.54) is 47.2 Å². The van der Waals surface area contributed by atoms with Crippen LogP contribution in [0, 0.1) is 0 Å². The topological polar surface area (TPSA) is 35.5 Å². The summed E-state index contributed by atoms with van der Waals surface area (Å²) in [6, 6.07) is 19.2. The quantitative estimate of drug-likeness (QED) is 0.178. The molecule has 3 nitrogen and oxygen atoms in total. The maximum absolute atomic E-state index is 11.5. The van der Waals surface area contributed by atoms with E-state index in [1.807, 2.05) is 13.8 Å². The molecular weight excluding hydrogens is 372 g/mol. The molecule has 3 rings (SSSR count). The number of fused-ring (bicyclic) bond motifs is 2. The van der Waals surface area contributed by atoms with Gasteiger partial charge in [-0.25, -0.2) is 0 Å². The highest BCUT2D eigenvalue weighted by Crippen LogP contribution is 2.30. The molecule has 30 heavy (non-hydrogen) atoms. The second kappa shape index (κ2) is 11.6. The van der Waals surface area contributed by atoms with Gasteiger partial charge in [-0.15, -0.1) is 0 Å². The normalized spacial score (nSPS) is 11.3. The fourth-order valence-electron chi connectivity index (χ4n) is 3.82. The molecule has 0 fully saturated rings. The molecule has 0 saturated heterocycles. The van der Waals surface area contributed by atoms with Gasteiger partial charge in [0.2, 0.25) is 0 Å². The van der Waals surface area contributed by atoms with Crippen molar-refractivity contribution in [3.63, 3.8) is 0 Å². The van der Waals surface area contributed by atoms with Crippen LogP contribution in [0.2, 0.25) is 0 Å². The van der Waals surface area contributed by atoms with Crippen molar-refractivity contribution in [2.75, 3.05) is 6.61 Å². The molecule has 0 radical (unpaired) electrons. The van der Waals surface area contributed by atoms with Crippen LogP contribution in [0.15, 0.2) is 54.6 Å². The van der Waals surface area contributed by atoms with Gasteiger partial charge in [-0.05, 0) is 61.0 Å². The van der Waals surface area contributed by atoms with Gasteiger partial charge in [0.25, 0.3) is 0 Å². The highest BCUT2D eigenvalue weighted by Gasteiger charge is 2.05. The van der Waals surface area contributed by atoms with Crippen LogP contribution in [-0.4, -0.2) is 18.7 Å². The molecule has 160 valence electrons. The van der Waals surface area contributed by atoms with Crippen LogP contribution in [0.5, 0.6) is 5.75 Å². The first-order valence-electron chi connectivity index (χ1n) is 11.4. The van der Waals surface area contributed by atoms with E-state index < -0.39 is 0 Å². The minimum absolute atomic E-state index is 0.00654. The second-order valence-corrected chi connectivity index (χ2v) is 8.29. The van der Waals surface area contributed by atoms with Gasteiger partial charge in [0.15, 0.2) is 0 Å². The van der Waals surface area contributed by atoms with Crippen molar-refractivity contribution in [3.8, 4) is 5.75 Å². The van der Waals surface area contributed by atoms with Gasteiger partial charge < -0.3 is 9.47 Å². The van der Waals surface area contributed by atoms with Gasteiger partial charge in [-0.1, -0.05) is 68.5 Å². The third-order valence-corrected chi connectivity index (χ3v) is 5.36. The summed E-state index contributed by atoms with van der Waals surface area (Å²) in [5, 5.41) is 4.92. The Morgan fingerprint density at radius 2 is 1.40 bits per heavy atom. The van der Waals surface area contributed by atoms with Crippen molar-refractivity contribution in [2.24, 2.45) is 0 Å². The van der Waals surface area contributed by atoms with Gasteiger partial charge >= 0.3 is 5.97 Å². The standard InChI is InChI=1S/C27H34O3/c1-21(2)30-27(28)17-8-6-4-3-5-7-11-18-29-26-16-12-15-24-19-22-13-9-10-14-23(22)20-25(24)26/h9-10,12-16,19-21H,3-8,11,17-18H2,1-2H3. The van der Waals surface area contributed by atoms with E-state index in [1.54, 1.807) is 0 Å². The number of carbonyl (C=O) groups excluding carboxylic acids is 1. The number of hydrogen-bond donors (Lipinski definition) is 0. The zero-order valence-corrected chi connectivity index (χ0v) is 18.4.